The van der Waals surface area contributed by atoms with Gasteiger partial charge in [0.25, 0.3) is 5.91 Å². The molecule has 0 fully saturated rings. The van der Waals surface area contributed by atoms with Crippen LogP contribution < -0.4 is 22.2 Å². The van der Waals surface area contributed by atoms with Crippen LogP contribution >= 0.6 is 11.3 Å². The number of benzene rings is 1. The summed E-state index contributed by atoms with van der Waals surface area (Å²) in [5.41, 5.74) is 12.6. The molecule has 0 aliphatic heterocycles. The number of carbonyl (C=O) groups is 1. The van der Waals surface area contributed by atoms with Crippen molar-refractivity contribution < 1.29 is 18.7 Å². The van der Waals surface area contributed by atoms with Crippen LogP contribution in [0.5, 0.6) is 0 Å². The number of aromatic nitrogens is 1. The first-order valence-corrected chi connectivity index (χ1v) is 9.74. The molecule has 31 heavy (non-hydrogen) atoms. The van der Waals surface area contributed by atoms with Crippen LogP contribution in [-0.2, 0) is 5.60 Å². The van der Waals surface area contributed by atoms with Crippen LogP contribution in [0.25, 0.3) is 10.4 Å². The third-order valence-corrected chi connectivity index (χ3v) is 5.43. The molecule has 0 saturated carbocycles. The Balaban J connectivity index is 2.03. The van der Waals surface area contributed by atoms with Gasteiger partial charge < -0.3 is 21.9 Å². The average molecular weight is 446 g/mol. The second-order valence-corrected chi connectivity index (χ2v) is 8.17. The van der Waals surface area contributed by atoms with Gasteiger partial charge in [-0.25, -0.2) is 13.8 Å². The highest BCUT2D eigenvalue weighted by Gasteiger charge is 2.24. The lowest BCUT2D eigenvalue weighted by Gasteiger charge is -2.18. The molecular formula is C20H20F2N6O2S. The molecule has 0 unspecified atom stereocenters. The first-order valence-electron chi connectivity index (χ1n) is 8.92. The maximum atomic E-state index is 14.7. The predicted molar refractivity (Wildman–Crippen MR) is 119 cm³/mol. The largest absolute Gasteiger partial charge is 0.386 e. The van der Waals surface area contributed by atoms with Crippen LogP contribution in [0.2, 0.25) is 0 Å². The Bertz CT molecular complexity index is 1150. The number of pyridine rings is 1. The Morgan fingerprint density at radius 2 is 1.90 bits per heavy atom. The van der Waals surface area contributed by atoms with Gasteiger partial charge in [-0.3, -0.25) is 10.2 Å². The summed E-state index contributed by atoms with van der Waals surface area (Å²) in [7, 11) is 0. The Morgan fingerprint density at radius 1 is 1.26 bits per heavy atom. The standard InChI is InChI=1S/C20H20F2N6O2S/c1-20(2,30)9-6-11(21)16(12(22)7-9)14-8-10(18(24)29)19(31-14)27-15-5-4-13(28-25-3)17(23)26-15/h4-8,28,30H,3H2,1-2H3,(H2,24,29)(H3,23,26,27). The molecule has 0 saturated heterocycles. The first kappa shape index (κ1) is 22.1. The van der Waals surface area contributed by atoms with Gasteiger partial charge in [-0.2, -0.15) is 5.10 Å². The van der Waals surface area contributed by atoms with Gasteiger partial charge in [0.15, 0.2) is 5.82 Å². The second kappa shape index (κ2) is 8.28. The number of thiophene rings is 1. The number of nitrogens with one attached hydrogen (secondary N) is 2. The Hall–Kier alpha value is -3.57. The minimum atomic E-state index is -1.42. The second-order valence-electron chi connectivity index (χ2n) is 7.12. The lowest BCUT2D eigenvalue weighted by molar-refractivity contribution is 0.0778. The molecule has 1 aromatic carbocycles. The van der Waals surface area contributed by atoms with E-state index < -0.39 is 23.1 Å². The highest BCUT2D eigenvalue weighted by atomic mass is 32.1. The number of aliphatic hydroxyl groups is 1. The van der Waals surface area contributed by atoms with Gasteiger partial charge in [0.05, 0.1) is 22.4 Å². The number of carbonyl (C=O) groups excluding carboxylic acids is 1. The molecule has 11 heteroatoms. The molecular weight excluding hydrogens is 426 g/mol. The summed E-state index contributed by atoms with van der Waals surface area (Å²) >= 11 is 0.918. The number of nitrogen functional groups attached to an aromatic ring is 1. The molecule has 0 spiro atoms. The van der Waals surface area contributed by atoms with E-state index in [1.165, 1.54) is 19.9 Å². The third-order valence-electron chi connectivity index (χ3n) is 4.36. The number of hydrazone groups is 1. The molecule has 2 aromatic heterocycles. The van der Waals surface area contributed by atoms with Crippen molar-refractivity contribution in [3.05, 3.63) is 53.1 Å². The summed E-state index contributed by atoms with van der Waals surface area (Å²) in [5, 5.41) is 16.7. The fourth-order valence-electron chi connectivity index (χ4n) is 2.79. The summed E-state index contributed by atoms with van der Waals surface area (Å²) in [5.74, 6) is -2.15. The van der Waals surface area contributed by atoms with Crippen molar-refractivity contribution in [2.24, 2.45) is 10.8 Å². The maximum Gasteiger partial charge on any atom is 0.251 e. The fraction of sp³-hybridized carbons (Fsp3) is 0.150. The number of hydrogen-bond acceptors (Lipinski definition) is 8. The topological polar surface area (TPSA) is 139 Å². The number of nitrogens with two attached hydrogens (primary N) is 2. The number of rotatable bonds is 7. The SMILES string of the molecule is C=NNc1ccc(Nc2sc(-c3c(F)cc(C(C)(C)O)cc3F)cc2C(N)=O)nc1N. The van der Waals surface area contributed by atoms with E-state index >= 15 is 0 Å². The predicted octanol–water partition coefficient (Wildman–Crippen LogP) is 3.77. The van der Waals surface area contributed by atoms with Crippen LogP contribution in [-0.4, -0.2) is 22.7 Å². The monoisotopic (exact) mass is 446 g/mol. The number of amides is 1. The molecule has 7 N–H and O–H groups in total. The van der Waals surface area contributed by atoms with Crippen molar-refractivity contribution in [3.8, 4) is 10.4 Å². The first-order chi connectivity index (χ1) is 14.5. The van der Waals surface area contributed by atoms with Gasteiger partial charge in [0.2, 0.25) is 0 Å². The minimum absolute atomic E-state index is 0.0284. The van der Waals surface area contributed by atoms with Crippen LogP contribution in [0.4, 0.5) is 31.1 Å². The van der Waals surface area contributed by atoms with Crippen molar-refractivity contribution >= 4 is 46.3 Å². The Kier molecular flexibility index (Phi) is 5.91. The Morgan fingerprint density at radius 3 is 2.42 bits per heavy atom. The van der Waals surface area contributed by atoms with Gasteiger partial charge in [0.1, 0.15) is 22.5 Å². The fourth-order valence-corrected chi connectivity index (χ4v) is 3.91. The minimum Gasteiger partial charge on any atom is -0.386 e. The van der Waals surface area contributed by atoms with Crippen LogP contribution in [0.3, 0.4) is 0 Å². The van der Waals surface area contributed by atoms with E-state index in [2.05, 4.69) is 27.5 Å². The summed E-state index contributed by atoms with van der Waals surface area (Å²) in [6.45, 7) is 6.14. The van der Waals surface area contributed by atoms with E-state index in [-0.39, 0.29) is 38.2 Å². The third kappa shape index (κ3) is 4.62. The molecule has 0 aliphatic carbocycles. The molecule has 0 bridgehead atoms. The van der Waals surface area contributed by atoms with E-state index in [4.69, 9.17) is 11.5 Å². The number of halogens is 2. The zero-order valence-electron chi connectivity index (χ0n) is 16.7. The molecule has 162 valence electrons. The summed E-state index contributed by atoms with van der Waals surface area (Å²) in [6.07, 6.45) is 0. The van der Waals surface area contributed by atoms with E-state index in [0.717, 1.165) is 23.5 Å². The molecule has 0 radical (unpaired) electrons. The normalized spacial score (nSPS) is 11.3. The number of nitrogens with zero attached hydrogens (tertiary/aromatic N) is 2. The van der Waals surface area contributed by atoms with Gasteiger partial charge in [-0.1, -0.05) is 0 Å². The number of hydrogen-bond donors (Lipinski definition) is 5. The average Bonchev–Trinajstić information content (AvgIpc) is 3.06. The van der Waals surface area contributed by atoms with Gasteiger partial charge in [-0.05, 0) is 49.7 Å². The maximum absolute atomic E-state index is 14.7. The molecule has 1 amide bonds. The highest BCUT2D eigenvalue weighted by molar-refractivity contribution is 7.20. The quantitative estimate of drug-likeness (QED) is 0.277. The van der Waals surface area contributed by atoms with Crippen LogP contribution in [0.15, 0.2) is 35.4 Å². The smallest absolute Gasteiger partial charge is 0.251 e. The van der Waals surface area contributed by atoms with Crippen molar-refractivity contribution in [1.29, 1.82) is 0 Å². The number of primary amides is 1. The molecule has 8 nitrogen and oxygen atoms in total. The van der Waals surface area contributed by atoms with Gasteiger partial charge >= 0.3 is 0 Å². The summed E-state index contributed by atoms with van der Waals surface area (Å²) in [6, 6.07) is 6.55. The highest BCUT2D eigenvalue weighted by Crippen LogP contribution is 2.40. The summed E-state index contributed by atoms with van der Waals surface area (Å²) in [4.78, 5) is 16.2. The van der Waals surface area contributed by atoms with Crippen LogP contribution in [0.1, 0.15) is 29.8 Å². The van der Waals surface area contributed by atoms with E-state index in [9.17, 15) is 18.7 Å². The van der Waals surface area contributed by atoms with E-state index in [1.54, 1.807) is 12.1 Å². The zero-order chi connectivity index (χ0) is 22.9. The van der Waals surface area contributed by atoms with E-state index in [0.29, 0.717) is 5.69 Å². The molecule has 0 aliphatic rings. The molecule has 2 heterocycles. The molecule has 0 atom stereocenters. The van der Waals surface area contributed by atoms with Crippen molar-refractivity contribution in [1.82, 2.24) is 4.98 Å². The van der Waals surface area contributed by atoms with Crippen LogP contribution in [0, 0.1) is 11.6 Å². The Labute approximate surface area is 180 Å². The zero-order valence-corrected chi connectivity index (χ0v) is 17.5. The lowest BCUT2D eigenvalue weighted by atomic mass is 9.96. The van der Waals surface area contributed by atoms with Crippen molar-refractivity contribution in [2.75, 3.05) is 16.5 Å². The van der Waals surface area contributed by atoms with E-state index in [1.807, 2.05) is 0 Å². The molecule has 3 aromatic rings. The number of anilines is 4. The van der Waals surface area contributed by atoms with Crippen molar-refractivity contribution in [3.63, 3.8) is 0 Å². The molecule has 3 rings (SSSR count). The summed E-state index contributed by atoms with van der Waals surface area (Å²) < 4.78 is 29.5. The lowest BCUT2D eigenvalue weighted by Crippen LogP contribution is -2.16. The van der Waals surface area contributed by atoms with Crippen molar-refractivity contribution in [2.45, 2.75) is 19.4 Å². The van der Waals surface area contributed by atoms with Gasteiger partial charge in [0, 0.05) is 11.6 Å². The van der Waals surface area contributed by atoms with Gasteiger partial charge in [-0.15, -0.1) is 11.3 Å².